The quantitative estimate of drug-likeness (QED) is 0.772. The van der Waals surface area contributed by atoms with Crippen molar-refractivity contribution in [3.8, 4) is 0 Å². The molecule has 3 rings (SSSR count). The lowest BCUT2D eigenvalue weighted by Crippen LogP contribution is -2.13. The van der Waals surface area contributed by atoms with Gasteiger partial charge in [0, 0.05) is 18.3 Å². The summed E-state index contributed by atoms with van der Waals surface area (Å²) in [5, 5.41) is 0. The Morgan fingerprint density at radius 3 is 3.12 bits per heavy atom. The monoisotopic (exact) mass is 212 g/mol. The predicted octanol–water partition coefficient (Wildman–Crippen LogP) is 3.19. The first-order valence-electron chi connectivity index (χ1n) is 5.94. The zero-order chi connectivity index (χ0) is 11.0. The summed E-state index contributed by atoms with van der Waals surface area (Å²) in [7, 11) is 0. The Bertz CT molecular complexity index is 485. The van der Waals surface area contributed by atoms with E-state index in [1.54, 1.807) is 0 Å². The lowest BCUT2D eigenvalue weighted by Gasteiger charge is -2.25. The summed E-state index contributed by atoms with van der Waals surface area (Å²) in [6, 6.07) is 6.63. The topological polar surface area (TPSA) is 28.7 Å². The first kappa shape index (κ1) is 9.64. The molecule has 1 aromatic carbocycles. The summed E-state index contributed by atoms with van der Waals surface area (Å²) < 4.78 is 0. The first-order valence-corrected chi connectivity index (χ1v) is 5.94. The van der Waals surface area contributed by atoms with Gasteiger partial charge in [-0.15, -0.1) is 0 Å². The Morgan fingerprint density at radius 1 is 1.38 bits per heavy atom. The van der Waals surface area contributed by atoms with Crippen molar-refractivity contribution >= 4 is 0 Å². The first-order chi connectivity index (χ1) is 7.86. The number of nitrogens with zero attached hydrogens (tertiary/aromatic N) is 1. The molecule has 0 bridgehead atoms. The third-order valence-electron chi connectivity index (χ3n) is 3.59. The zero-order valence-electron chi connectivity index (χ0n) is 9.53. The molecule has 1 aliphatic carbocycles. The van der Waals surface area contributed by atoms with E-state index in [0.29, 0.717) is 5.92 Å². The van der Waals surface area contributed by atoms with Crippen molar-refractivity contribution in [3.63, 3.8) is 0 Å². The maximum Gasteiger partial charge on any atom is 0.113 e. The van der Waals surface area contributed by atoms with Crippen molar-refractivity contribution in [1.82, 2.24) is 9.97 Å². The van der Waals surface area contributed by atoms with Crippen LogP contribution >= 0.6 is 0 Å². The van der Waals surface area contributed by atoms with E-state index in [9.17, 15) is 0 Å². The van der Waals surface area contributed by atoms with Gasteiger partial charge in [-0.25, -0.2) is 4.98 Å². The minimum atomic E-state index is 0.471. The second-order valence-electron chi connectivity index (χ2n) is 4.56. The third-order valence-corrected chi connectivity index (χ3v) is 3.59. The molecule has 0 amide bonds. The van der Waals surface area contributed by atoms with Crippen molar-refractivity contribution in [3.05, 3.63) is 53.1 Å². The average molecular weight is 212 g/mol. The van der Waals surface area contributed by atoms with Crippen molar-refractivity contribution in [2.24, 2.45) is 0 Å². The van der Waals surface area contributed by atoms with E-state index >= 15 is 0 Å². The van der Waals surface area contributed by atoms with Crippen molar-refractivity contribution < 1.29 is 0 Å². The van der Waals surface area contributed by atoms with E-state index < -0.39 is 0 Å². The summed E-state index contributed by atoms with van der Waals surface area (Å²) in [4.78, 5) is 7.67. The Morgan fingerprint density at radius 2 is 2.31 bits per heavy atom. The van der Waals surface area contributed by atoms with E-state index in [0.717, 1.165) is 5.82 Å². The van der Waals surface area contributed by atoms with Gasteiger partial charge in [0.15, 0.2) is 0 Å². The molecular weight excluding hydrogens is 196 g/mol. The molecule has 2 aromatic rings. The Kier molecular flexibility index (Phi) is 2.28. The Labute approximate surface area is 95.7 Å². The Hall–Kier alpha value is -1.57. The fourth-order valence-corrected chi connectivity index (χ4v) is 2.78. The molecule has 1 atom stereocenters. The number of aromatic nitrogens is 2. The number of aromatic amines is 1. The summed E-state index contributed by atoms with van der Waals surface area (Å²) in [5.41, 5.74) is 4.44. The molecule has 2 heteroatoms. The van der Waals surface area contributed by atoms with Crippen LogP contribution in [-0.2, 0) is 6.42 Å². The van der Waals surface area contributed by atoms with Crippen molar-refractivity contribution in [2.75, 3.05) is 0 Å². The van der Waals surface area contributed by atoms with Crippen LogP contribution in [0, 0.1) is 6.92 Å². The Balaban J connectivity index is 2.10. The molecule has 1 N–H and O–H groups in total. The van der Waals surface area contributed by atoms with Gasteiger partial charge in [0.2, 0.25) is 0 Å². The van der Waals surface area contributed by atoms with Gasteiger partial charge in [-0.05, 0) is 42.9 Å². The number of hydrogen-bond donors (Lipinski definition) is 1. The number of imidazole rings is 1. The highest BCUT2D eigenvalue weighted by atomic mass is 14.9. The van der Waals surface area contributed by atoms with Gasteiger partial charge in [0.05, 0.1) is 0 Å². The molecule has 82 valence electrons. The molecule has 1 heterocycles. The standard InChI is InChI=1S/C14H16N2/c1-10-4-2-6-12-11(10)5-3-7-13(12)14-15-8-9-16-14/h2,4,6,8-9,13H,3,5,7H2,1H3,(H,15,16). The molecule has 0 aliphatic heterocycles. The van der Waals surface area contributed by atoms with Gasteiger partial charge in [0.1, 0.15) is 5.82 Å². The molecule has 16 heavy (non-hydrogen) atoms. The van der Waals surface area contributed by atoms with Crippen LogP contribution < -0.4 is 0 Å². The summed E-state index contributed by atoms with van der Waals surface area (Å²) in [6.07, 6.45) is 7.46. The maximum atomic E-state index is 4.41. The van der Waals surface area contributed by atoms with Crippen LogP contribution in [0.3, 0.4) is 0 Å². The van der Waals surface area contributed by atoms with Crippen molar-refractivity contribution in [2.45, 2.75) is 32.1 Å². The normalized spacial score (nSPS) is 19.4. The van der Waals surface area contributed by atoms with Crippen LogP contribution in [0.5, 0.6) is 0 Å². The van der Waals surface area contributed by atoms with Gasteiger partial charge in [-0.3, -0.25) is 0 Å². The molecule has 0 fully saturated rings. The molecule has 0 saturated carbocycles. The van der Waals surface area contributed by atoms with E-state index in [1.807, 2.05) is 12.4 Å². The van der Waals surface area contributed by atoms with E-state index in [4.69, 9.17) is 0 Å². The van der Waals surface area contributed by atoms with Gasteiger partial charge in [-0.2, -0.15) is 0 Å². The summed E-state index contributed by atoms with van der Waals surface area (Å²) >= 11 is 0. The summed E-state index contributed by atoms with van der Waals surface area (Å²) in [5.74, 6) is 1.59. The molecule has 1 unspecified atom stereocenters. The van der Waals surface area contributed by atoms with Gasteiger partial charge >= 0.3 is 0 Å². The molecule has 1 aromatic heterocycles. The number of rotatable bonds is 1. The molecule has 0 saturated heterocycles. The number of aryl methyl sites for hydroxylation is 1. The van der Waals surface area contributed by atoms with Crippen LogP contribution in [0.15, 0.2) is 30.6 Å². The number of benzene rings is 1. The number of fused-ring (bicyclic) bond motifs is 1. The fourth-order valence-electron chi connectivity index (χ4n) is 2.78. The van der Waals surface area contributed by atoms with Crippen LogP contribution in [0.2, 0.25) is 0 Å². The molecule has 1 aliphatic rings. The van der Waals surface area contributed by atoms with Gasteiger partial charge in [-0.1, -0.05) is 18.2 Å². The van der Waals surface area contributed by atoms with E-state index in [2.05, 4.69) is 35.1 Å². The molecule has 0 spiro atoms. The van der Waals surface area contributed by atoms with E-state index in [1.165, 1.54) is 36.0 Å². The van der Waals surface area contributed by atoms with Crippen LogP contribution in [-0.4, -0.2) is 9.97 Å². The van der Waals surface area contributed by atoms with Crippen LogP contribution in [0.1, 0.15) is 41.3 Å². The maximum absolute atomic E-state index is 4.41. The van der Waals surface area contributed by atoms with Crippen LogP contribution in [0.4, 0.5) is 0 Å². The SMILES string of the molecule is Cc1cccc2c1CCCC2c1ncc[nH]1. The second-order valence-corrected chi connectivity index (χ2v) is 4.56. The third kappa shape index (κ3) is 1.45. The highest BCUT2D eigenvalue weighted by Gasteiger charge is 2.23. The second kappa shape index (κ2) is 3.78. The smallest absolute Gasteiger partial charge is 0.113 e. The minimum absolute atomic E-state index is 0.471. The largest absolute Gasteiger partial charge is 0.348 e. The minimum Gasteiger partial charge on any atom is -0.348 e. The fraction of sp³-hybridized carbons (Fsp3) is 0.357. The van der Waals surface area contributed by atoms with Gasteiger partial charge in [0.25, 0.3) is 0 Å². The zero-order valence-corrected chi connectivity index (χ0v) is 9.53. The summed E-state index contributed by atoms with van der Waals surface area (Å²) in [6.45, 7) is 2.21. The molecule has 2 nitrogen and oxygen atoms in total. The number of nitrogens with one attached hydrogen (secondary N) is 1. The van der Waals surface area contributed by atoms with Crippen molar-refractivity contribution in [1.29, 1.82) is 0 Å². The average Bonchev–Trinajstić information content (AvgIpc) is 2.82. The van der Waals surface area contributed by atoms with Crippen LogP contribution in [0.25, 0.3) is 0 Å². The lowest BCUT2D eigenvalue weighted by molar-refractivity contribution is 0.593. The molecular formula is C14H16N2. The highest BCUT2D eigenvalue weighted by Crippen LogP contribution is 2.36. The van der Waals surface area contributed by atoms with E-state index in [-0.39, 0.29) is 0 Å². The van der Waals surface area contributed by atoms with Gasteiger partial charge < -0.3 is 4.98 Å². The lowest BCUT2D eigenvalue weighted by atomic mass is 9.80. The highest BCUT2D eigenvalue weighted by molar-refractivity contribution is 5.41. The predicted molar refractivity (Wildman–Crippen MR) is 64.5 cm³/mol. The number of H-pyrrole nitrogens is 1. The number of hydrogen-bond acceptors (Lipinski definition) is 1. The molecule has 0 radical (unpaired) electrons.